The predicted molar refractivity (Wildman–Crippen MR) is 116 cm³/mol. The highest BCUT2D eigenvalue weighted by molar-refractivity contribution is 5.89. The summed E-state index contributed by atoms with van der Waals surface area (Å²) in [5.74, 6) is 1.90. The summed E-state index contributed by atoms with van der Waals surface area (Å²) in [6.45, 7) is 4.45. The van der Waals surface area contributed by atoms with Crippen molar-refractivity contribution in [2.24, 2.45) is 0 Å². The van der Waals surface area contributed by atoms with E-state index in [2.05, 4.69) is 25.8 Å². The second kappa shape index (κ2) is 9.25. The van der Waals surface area contributed by atoms with E-state index in [0.717, 1.165) is 16.8 Å². The molecule has 0 aliphatic heterocycles. The number of carbonyl (C=O) groups excluding carboxylic acids is 1. The molecule has 0 saturated heterocycles. The Morgan fingerprint density at radius 1 is 0.968 bits per heavy atom. The summed E-state index contributed by atoms with van der Waals surface area (Å²) in [6, 6.07) is 16.6. The van der Waals surface area contributed by atoms with Crippen molar-refractivity contribution < 1.29 is 13.7 Å². The molecule has 2 amide bonds. The highest BCUT2D eigenvalue weighted by atomic mass is 16.5. The van der Waals surface area contributed by atoms with Gasteiger partial charge in [-0.3, -0.25) is 0 Å². The van der Waals surface area contributed by atoms with E-state index in [1.807, 2.05) is 56.3 Å². The summed E-state index contributed by atoms with van der Waals surface area (Å²) in [7, 11) is 0. The first-order valence-electron chi connectivity index (χ1n) is 10.1. The van der Waals surface area contributed by atoms with E-state index in [1.165, 1.54) is 0 Å². The highest BCUT2D eigenvalue weighted by Gasteiger charge is 2.12. The predicted octanol–water partition coefficient (Wildman–Crippen LogP) is 4.88. The van der Waals surface area contributed by atoms with Crippen molar-refractivity contribution in [2.75, 3.05) is 11.9 Å². The first-order valence-corrected chi connectivity index (χ1v) is 10.1. The number of carbonyl (C=O) groups is 1. The Hall–Kier alpha value is -3.94. The number of benzene rings is 2. The number of anilines is 1. The number of urea groups is 1. The largest absolute Gasteiger partial charge is 0.444 e. The molecule has 0 aliphatic rings. The number of aromatic nitrogens is 3. The maximum absolute atomic E-state index is 12.2. The Morgan fingerprint density at radius 2 is 1.71 bits per heavy atom. The lowest BCUT2D eigenvalue weighted by Crippen LogP contribution is -2.30. The Kier molecular flexibility index (Phi) is 6.07. The summed E-state index contributed by atoms with van der Waals surface area (Å²) in [5.41, 5.74) is 3.16. The average Bonchev–Trinajstić information content (AvgIpc) is 3.45. The first-order chi connectivity index (χ1) is 15.1. The van der Waals surface area contributed by atoms with Crippen LogP contribution in [0.3, 0.4) is 0 Å². The van der Waals surface area contributed by atoms with Gasteiger partial charge < -0.3 is 19.6 Å². The molecule has 4 aromatic rings. The average molecular weight is 417 g/mol. The van der Waals surface area contributed by atoms with E-state index < -0.39 is 0 Å². The lowest BCUT2D eigenvalue weighted by Gasteiger charge is -2.07. The lowest BCUT2D eigenvalue weighted by molar-refractivity contribution is 0.252. The van der Waals surface area contributed by atoms with Crippen molar-refractivity contribution in [1.29, 1.82) is 0 Å². The lowest BCUT2D eigenvalue weighted by atomic mass is 10.2. The van der Waals surface area contributed by atoms with Crippen LogP contribution in [-0.4, -0.2) is 27.7 Å². The summed E-state index contributed by atoms with van der Waals surface area (Å²) < 4.78 is 10.8. The number of amides is 2. The van der Waals surface area contributed by atoms with E-state index >= 15 is 0 Å². The molecule has 2 aromatic heterocycles. The van der Waals surface area contributed by atoms with Crippen molar-refractivity contribution in [3.63, 3.8) is 0 Å². The Balaban J connectivity index is 1.26. The second-order valence-electron chi connectivity index (χ2n) is 7.33. The third-order valence-electron chi connectivity index (χ3n) is 4.59. The minimum atomic E-state index is -0.292. The quantitative estimate of drug-likeness (QED) is 0.444. The van der Waals surface area contributed by atoms with Gasteiger partial charge in [0.25, 0.3) is 5.89 Å². The number of rotatable bonds is 7. The highest BCUT2D eigenvalue weighted by Crippen LogP contribution is 2.22. The van der Waals surface area contributed by atoms with Gasteiger partial charge in [-0.1, -0.05) is 37.2 Å². The third kappa shape index (κ3) is 5.16. The molecule has 0 radical (unpaired) electrons. The van der Waals surface area contributed by atoms with Gasteiger partial charge in [0.1, 0.15) is 6.26 Å². The standard InChI is InChI=1S/C23H23N5O3/c1-15(2)20-27-22(31-28-20)17-8-10-18(11-9-17)26-23(29)24-13-12-19-14-30-21(25-19)16-6-4-3-5-7-16/h3-11,14-15H,12-13H2,1-2H3,(H2,24,26,29). The Labute approximate surface area is 179 Å². The summed E-state index contributed by atoms with van der Waals surface area (Å²) >= 11 is 0. The van der Waals surface area contributed by atoms with Crippen molar-refractivity contribution in [3.05, 3.63) is 72.4 Å². The molecule has 0 spiro atoms. The van der Waals surface area contributed by atoms with Crippen LogP contribution in [-0.2, 0) is 6.42 Å². The van der Waals surface area contributed by atoms with Gasteiger partial charge in [0.2, 0.25) is 5.89 Å². The number of nitrogens with zero attached hydrogens (tertiary/aromatic N) is 3. The normalized spacial score (nSPS) is 10.9. The van der Waals surface area contributed by atoms with Crippen LogP contribution in [0.5, 0.6) is 0 Å². The van der Waals surface area contributed by atoms with Gasteiger partial charge in [-0.25, -0.2) is 9.78 Å². The summed E-state index contributed by atoms with van der Waals surface area (Å²) in [4.78, 5) is 21.0. The molecule has 4 rings (SSSR count). The topological polar surface area (TPSA) is 106 Å². The van der Waals surface area contributed by atoms with Gasteiger partial charge in [-0.2, -0.15) is 4.98 Å². The fourth-order valence-corrected chi connectivity index (χ4v) is 2.90. The molecule has 0 fully saturated rings. The number of hydrogen-bond donors (Lipinski definition) is 2. The van der Waals surface area contributed by atoms with Gasteiger partial charge in [-0.05, 0) is 36.4 Å². The molecule has 0 bridgehead atoms. The van der Waals surface area contributed by atoms with Crippen LogP contribution in [0, 0.1) is 0 Å². The monoisotopic (exact) mass is 417 g/mol. The molecule has 158 valence electrons. The Morgan fingerprint density at radius 3 is 2.42 bits per heavy atom. The van der Waals surface area contributed by atoms with Crippen LogP contribution in [0.2, 0.25) is 0 Å². The number of nitrogens with one attached hydrogen (secondary N) is 2. The minimum Gasteiger partial charge on any atom is -0.444 e. The number of oxazole rings is 1. The fraction of sp³-hybridized carbons (Fsp3) is 0.217. The second-order valence-corrected chi connectivity index (χ2v) is 7.33. The minimum absolute atomic E-state index is 0.198. The van der Waals surface area contributed by atoms with Gasteiger partial charge in [-0.15, -0.1) is 0 Å². The van der Waals surface area contributed by atoms with Crippen LogP contribution in [0.25, 0.3) is 22.9 Å². The van der Waals surface area contributed by atoms with E-state index in [0.29, 0.717) is 36.3 Å². The van der Waals surface area contributed by atoms with Crippen molar-refractivity contribution in [1.82, 2.24) is 20.4 Å². The van der Waals surface area contributed by atoms with Crippen molar-refractivity contribution in [2.45, 2.75) is 26.2 Å². The molecule has 2 heterocycles. The van der Waals surface area contributed by atoms with Gasteiger partial charge in [0.15, 0.2) is 5.82 Å². The van der Waals surface area contributed by atoms with Crippen LogP contribution in [0.1, 0.15) is 31.3 Å². The van der Waals surface area contributed by atoms with E-state index in [9.17, 15) is 4.79 Å². The molecule has 2 N–H and O–H groups in total. The van der Waals surface area contributed by atoms with Crippen molar-refractivity contribution >= 4 is 11.7 Å². The number of hydrogen-bond acceptors (Lipinski definition) is 6. The van der Waals surface area contributed by atoms with E-state index in [4.69, 9.17) is 8.94 Å². The van der Waals surface area contributed by atoms with Gasteiger partial charge >= 0.3 is 6.03 Å². The van der Waals surface area contributed by atoms with Gasteiger partial charge in [0, 0.05) is 35.7 Å². The zero-order valence-electron chi connectivity index (χ0n) is 17.3. The molecule has 31 heavy (non-hydrogen) atoms. The molecular formula is C23H23N5O3. The molecule has 0 unspecified atom stereocenters. The molecule has 0 atom stereocenters. The molecule has 2 aromatic carbocycles. The first kappa shape index (κ1) is 20.3. The SMILES string of the molecule is CC(C)c1noc(-c2ccc(NC(=O)NCCc3coc(-c4ccccc4)n3)cc2)n1. The van der Waals surface area contributed by atoms with Crippen LogP contribution >= 0.6 is 0 Å². The molecule has 8 nitrogen and oxygen atoms in total. The van der Waals surface area contributed by atoms with Crippen molar-refractivity contribution in [3.8, 4) is 22.9 Å². The smallest absolute Gasteiger partial charge is 0.319 e. The van der Waals surface area contributed by atoms with E-state index in [1.54, 1.807) is 18.4 Å². The molecular weight excluding hydrogens is 394 g/mol. The zero-order valence-corrected chi connectivity index (χ0v) is 17.3. The molecule has 0 aliphatic carbocycles. The third-order valence-corrected chi connectivity index (χ3v) is 4.59. The molecule has 0 saturated carbocycles. The van der Waals surface area contributed by atoms with Crippen LogP contribution in [0.15, 0.2) is 69.8 Å². The summed E-state index contributed by atoms with van der Waals surface area (Å²) in [5, 5.41) is 9.58. The molecule has 8 heteroatoms. The van der Waals surface area contributed by atoms with E-state index in [-0.39, 0.29) is 11.9 Å². The van der Waals surface area contributed by atoms with Crippen LogP contribution in [0.4, 0.5) is 10.5 Å². The fourth-order valence-electron chi connectivity index (χ4n) is 2.90. The summed E-state index contributed by atoms with van der Waals surface area (Å²) in [6.07, 6.45) is 2.18. The zero-order chi connectivity index (χ0) is 21.6. The van der Waals surface area contributed by atoms with Gasteiger partial charge in [0.05, 0.1) is 5.69 Å². The Bertz CT molecular complexity index is 1130. The maximum Gasteiger partial charge on any atom is 0.319 e. The van der Waals surface area contributed by atoms with Crippen LogP contribution < -0.4 is 10.6 Å². The maximum atomic E-state index is 12.2.